The lowest BCUT2D eigenvalue weighted by molar-refractivity contribution is 0.0951. The zero-order valence-electron chi connectivity index (χ0n) is 16.1. The normalized spacial score (nSPS) is 15.2. The SMILES string of the molecule is CC1CCc2c(sc(NC(=S)NC(=O)c3ccc(-c4ccc(Br)cc4)o3)c2C#N)C1. The Morgan fingerprint density at radius 3 is 2.80 bits per heavy atom. The summed E-state index contributed by atoms with van der Waals surface area (Å²) in [5.74, 6) is 0.931. The molecule has 2 aromatic heterocycles. The van der Waals surface area contributed by atoms with E-state index in [1.165, 1.54) is 4.88 Å². The van der Waals surface area contributed by atoms with Crippen LogP contribution < -0.4 is 10.6 Å². The van der Waals surface area contributed by atoms with Crippen molar-refractivity contribution >= 4 is 55.5 Å². The van der Waals surface area contributed by atoms with Gasteiger partial charge in [0.25, 0.3) is 5.91 Å². The fraction of sp³-hybridized carbons (Fsp3) is 0.227. The molecule has 1 aliphatic carbocycles. The first-order valence-corrected chi connectivity index (χ1v) is 11.5. The Balaban J connectivity index is 1.44. The fourth-order valence-electron chi connectivity index (χ4n) is 3.49. The molecule has 30 heavy (non-hydrogen) atoms. The number of thiophene rings is 1. The minimum absolute atomic E-state index is 0.143. The van der Waals surface area contributed by atoms with Crippen LogP contribution in [0.15, 0.2) is 45.3 Å². The van der Waals surface area contributed by atoms with Crippen molar-refractivity contribution in [3.63, 3.8) is 0 Å². The Morgan fingerprint density at radius 1 is 1.30 bits per heavy atom. The number of nitrogens with zero attached hydrogens (tertiary/aromatic N) is 1. The summed E-state index contributed by atoms with van der Waals surface area (Å²) >= 11 is 10.2. The molecule has 8 heteroatoms. The summed E-state index contributed by atoms with van der Waals surface area (Å²) in [4.78, 5) is 13.8. The molecule has 0 saturated carbocycles. The van der Waals surface area contributed by atoms with E-state index >= 15 is 0 Å². The second kappa shape index (κ2) is 8.72. The number of anilines is 1. The molecule has 4 rings (SSSR count). The van der Waals surface area contributed by atoms with Crippen LogP contribution in [0.4, 0.5) is 5.00 Å². The van der Waals surface area contributed by atoms with E-state index in [0.717, 1.165) is 34.9 Å². The van der Waals surface area contributed by atoms with Crippen molar-refractivity contribution < 1.29 is 9.21 Å². The van der Waals surface area contributed by atoms with Crippen LogP contribution in [0.1, 0.15) is 39.9 Å². The summed E-state index contributed by atoms with van der Waals surface area (Å²) in [6.45, 7) is 2.22. The largest absolute Gasteiger partial charge is 0.451 e. The van der Waals surface area contributed by atoms with Crippen LogP contribution in [0.3, 0.4) is 0 Å². The first-order valence-electron chi connectivity index (χ1n) is 9.47. The molecule has 1 aromatic carbocycles. The van der Waals surface area contributed by atoms with E-state index in [2.05, 4.69) is 39.6 Å². The number of benzene rings is 1. The Bertz CT molecular complexity index is 1160. The van der Waals surface area contributed by atoms with E-state index in [9.17, 15) is 10.1 Å². The Kier molecular flexibility index (Phi) is 6.04. The number of hydrogen-bond acceptors (Lipinski definition) is 5. The number of amides is 1. The van der Waals surface area contributed by atoms with Gasteiger partial charge in [0.15, 0.2) is 10.9 Å². The highest BCUT2D eigenvalue weighted by molar-refractivity contribution is 9.10. The van der Waals surface area contributed by atoms with Crippen molar-refractivity contribution in [1.82, 2.24) is 5.32 Å². The standard InChI is InChI=1S/C22H18BrN3O2S2/c1-12-2-7-15-16(11-24)21(30-19(15)10-12)26-22(29)25-20(27)18-9-8-17(28-18)13-3-5-14(23)6-4-13/h3-6,8-9,12H,2,7,10H2,1H3,(H2,25,26,27,29). The van der Waals surface area contributed by atoms with Crippen LogP contribution in [-0.4, -0.2) is 11.0 Å². The monoisotopic (exact) mass is 499 g/mol. The highest BCUT2D eigenvalue weighted by Gasteiger charge is 2.24. The van der Waals surface area contributed by atoms with Crippen molar-refractivity contribution in [2.45, 2.75) is 26.2 Å². The Labute approximate surface area is 192 Å². The predicted octanol–water partition coefficient (Wildman–Crippen LogP) is 5.89. The van der Waals surface area contributed by atoms with Crippen molar-refractivity contribution in [1.29, 1.82) is 5.26 Å². The average molecular weight is 500 g/mol. The molecule has 0 radical (unpaired) electrons. The second-order valence-corrected chi connectivity index (χ2v) is 9.68. The molecule has 0 fully saturated rings. The molecule has 0 bridgehead atoms. The summed E-state index contributed by atoms with van der Waals surface area (Å²) in [5, 5.41) is 16.1. The van der Waals surface area contributed by atoms with Gasteiger partial charge in [-0.25, -0.2) is 0 Å². The summed E-state index contributed by atoms with van der Waals surface area (Å²) < 4.78 is 6.65. The number of nitriles is 1. The van der Waals surface area contributed by atoms with Gasteiger partial charge >= 0.3 is 0 Å². The minimum Gasteiger partial charge on any atom is -0.451 e. The highest BCUT2D eigenvalue weighted by Crippen LogP contribution is 2.39. The number of nitrogens with one attached hydrogen (secondary N) is 2. The molecule has 0 saturated heterocycles. The maximum atomic E-state index is 12.5. The van der Waals surface area contributed by atoms with Crippen LogP contribution in [0.2, 0.25) is 0 Å². The minimum atomic E-state index is -0.440. The van der Waals surface area contributed by atoms with Gasteiger partial charge < -0.3 is 9.73 Å². The molecule has 0 spiro atoms. The van der Waals surface area contributed by atoms with Gasteiger partial charge in [-0.15, -0.1) is 11.3 Å². The molecule has 1 atom stereocenters. The molecule has 152 valence electrons. The number of carbonyl (C=O) groups is 1. The number of carbonyl (C=O) groups excluding carboxylic acids is 1. The van der Waals surface area contributed by atoms with E-state index < -0.39 is 5.91 Å². The molecule has 3 aromatic rings. The van der Waals surface area contributed by atoms with Crippen LogP contribution >= 0.6 is 39.5 Å². The van der Waals surface area contributed by atoms with Gasteiger partial charge in [0.2, 0.25) is 0 Å². The Hall–Kier alpha value is -2.47. The van der Waals surface area contributed by atoms with Gasteiger partial charge in [-0.3, -0.25) is 10.1 Å². The number of thiocarbonyl (C=S) groups is 1. The smallest absolute Gasteiger partial charge is 0.293 e. The third-order valence-corrected chi connectivity index (χ3v) is 6.94. The van der Waals surface area contributed by atoms with Crippen molar-refractivity contribution in [3.8, 4) is 17.4 Å². The predicted molar refractivity (Wildman–Crippen MR) is 126 cm³/mol. The quantitative estimate of drug-likeness (QED) is 0.439. The van der Waals surface area contributed by atoms with Gasteiger partial charge in [-0.2, -0.15) is 5.26 Å². The molecule has 1 unspecified atom stereocenters. The molecule has 1 amide bonds. The van der Waals surface area contributed by atoms with Crippen LogP contribution in [-0.2, 0) is 12.8 Å². The summed E-state index contributed by atoms with van der Waals surface area (Å²) in [6, 6.07) is 13.3. The summed E-state index contributed by atoms with van der Waals surface area (Å²) in [6.07, 6.45) is 2.96. The molecule has 0 aliphatic heterocycles. The number of rotatable bonds is 3. The third kappa shape index (κ3) is 4.33. The molecular formula is C22H18BrN3O2S2. The van der Waals surface area contributed by atoms with Crippen LogP contribution in [0.5, 0.6) is 0 Å². The van der Waals surface area contributed by atoms with Crippen LogP contribution in [0, 0.1) is 17.2 Å². The third-order valence-electron chi connectivity index (χ3n) is 5.04. The lowest BCUT2D eigenvalue weighted by Gasteiger charge is -2.17. The molecule has 2 N–H and O–H groups in total. The lowest BCUT2D eigenvalue weighted by Crippen LogP contribution is -2.33. The van der Waals surface area contributed by atoms with Crippen molar-refractivity contribution in [3.05, 3.63) is 62.6 Å². The number of hydrogen-bond donors (Lipinski definition) is 2. The van der Waals surface area contributed by atoms with E-state index in [1.807, 2.05) is 24.3 Å². The first kappa shape index (κ1) is 20.8. The van der Waals surface area contributed by atoms with E-state index in [0.29, 0.717) is 22.2 Å². The maximum absolute atomic E-state index is 12.5. The average Bonchev–Trinajstić information content (AvgIpc) is 3.32. The number of fused-ring (bicyclic) bond motifs is 1. The second-order valence-electron chi connectivity index (χ2n) is 7.25. The number of furan rings is 1. The lowest BCUT2D eigenvalue weighted by atomic mass is 9.89. The topological polar surface area (TPSA) is 78.1 Å². The summed E-state index contributed by atoms with van der Waals surface area (Å²) in [7, 11) is 0. The zero-order valence-corrected chi connectivity index (χ0v) is 19.3. The molecule has 5 nitrogen and oxygen atoms in total. The van der Waals surface area contributed by atoms with E-state index in [-0.39, 0.29) is 10.9 Å². The van der Waals surface area contributed by atoms with Gasteiger partial charge in [0.1, 0.15) is 16.8 Å². The van der Waals surface area contributed by atoms with Gasteiger partial charge in [-0.1, -0.05) is 35.0 Å². The maximum Gasteiger partial charge on any atom is 0.293 e. The number of halogens is 1. The van der Waals surface area contributed by atoms with Gasteiger partial charge in [-0.05, 0) is 67.2 Å². The zero-order chi connectivity index (χ0) is 21.3. The van der Waals surface area contributed by atoms with Gasteiger partial charge in [0.05, 0.1) is 5.56 Å². The highest BCUT2D eigenvalue weighted by atomic mass is 79.9. The van der Waals surface area contributed by atoms with E-state index in [4.69, 9.17) is 16.6 Å². The molecule has 2 heterocycles. The molecular weight excluding hydrogens is 482 g/mol. The van der Waals surface area contributed by atoms with Gasteiger partial charge in [0, 0.05) is 14.9 Å². The Morgan fingerprint density at radius 2 is 2.07 bits per heavy atom. The first-order chi connectivity index (χ1) is 14.4. The fourth-order valence-corrected chi connectivity index (χ4v) is 5.37. The summed E-state index contributed by atoms with van der Waals surface area (Å²) in [5.41, 5.74) is 2.62. The van der Waals surface area contributed by atoms with E-state index in [1.54, 1.807) is 23.5 Å². The van der Waals surface area contributed by atoms with Crippen LogP contribution in [0.25, 0.3) is 11.3 Å². The van der Waals surface area contributed by atoms with Crippen molar-refractivity contribution in [2.24, 2.45) is 5.92 Å². The van der Waals surface area contributed by atoms with Crippen molar-refractivity contribution in [2.75, 3.05) is 5.32 Å². The molecule has 1 aliphatic rings.